The third kappa shape index (κ3) is 4.61. The molecule has 2 aromatic rings. The summed E-state index contributed by atoms with van der Waals surface area (Å²) in [5, 5.41) is 10.4. The van der Waals surface area contributed by atoms with Crippen molar-refractivity contribution in [1.29, 1.82) is 0 Å². The van der Waals surface area contributed by atoms with Crippen molar-refractivity contribution in [2.24, 2.45) is 5.92 Å². The molecule has 2 nitrogen and oxygen atoms in total. The maximum Gasteiger partial charge on any atom is 0.119 e. The Morgan fingerprint density at radius 2 is 1.67 bits per heavy atom. The van der Waals surface area contributed by atoms with Gasteiger partial charge in [-0.05, 0) is 41.2 Å². The van der Waals surface area contributed by atoms with Gasteiger partial charge in [0.1, 0.15) is 5.75 Å². The molecule has 2 aromatic carbocycles. The van der Waals surface area contributed by atoms with Crippen LogP contribution in [-0.4, -0.2) is 12.2 Å². The van der Waals surface area contributed by atoms with Gasteiger partial charge in [0.25, 0.3) is 0 Å². The summed E-state index contributed by atoms with van der Waals surface area (Å²) in [7, 11) is 1.66. The van der Waals surface area contributed by atoms with Gasteiger partial charge in [-0.15, -0.1) is 0 Å². The van der Waals surface area contributed by atoms with Crippen molar-refractivity contribution < 1.29 is 9.84 Å². The third-order valence-corrected chi connectivity index (χ3v) is 3.57. The molecular weight excluding hydrogens is 260 g/mol. The lowest BCUT2D eigenvalue weighted by Gasteiger charge is -2.13. The highest BCUT2D eigenvalue weighted by molar-refractivity contribution is 5.31. The summed E-state index contributed by atoms with van der Waals surface area (Å²) in [5.74, 6) is 1.48. The van der Waals surface area contributed by atoms with E-state index in [0.29, 0.717) is 12.3 Å². The van der Waals surface area contributed by atoms with Crippen LogP contribution in [0.3, 0.4) is 0 Å². The second-order valence-corrected chi connectivity index (χ2v) is 5.91. The summed E-state index contributed by atoms with van der Waals surface area (Å²) < 4.78 is 5.21. The smallest absolute Gasteiger partial charge is 0.119 e. The molecule has 0 aromatic heterocycles. The summed E-state index contributed by atoms with van der Waals surface area (Å²) in [6.07, 6.45) is 1.19. The van der Waals surface area contributed by atoms with Crippen LogP contribution in [0.2, 0.25) is 0 Å². The number of hydrogen-bond acceptors (Lipinski definition) is 2. The zero-order chi connectivity index (χ0) is 15.2. The van der Waals surface area contributed by atoms with E-state index < -0.39 is 6.10 Å². The van der Waals surface area contributed by atoms with Crippen LogP contribution in [-0.2, 0) is 12.8 Å². The van der Waals surface area contributed by atoms with Gasteiger partial charge < -0.3 is 9.84 Å². The van der Waals surface area contributed by atoms with Crippen LogP contribution in [0.5, 0.6) is 5.75 Å². The number of aliphatic hydroxyl groups is 1. The van der Waals surface area contributed by atoms with Crippen molar-refractivity contribution >= 4 is 0 Å². The number of methoxy groups -OCH3 is 1. The predicted octanol–water partition coefficient (Wildman–Crippen LogP) is 4.17. The summed E-state index contributed by atoms with van der Waals surface area (Å²) in [4.78, 5) is 0. The molecule has 0 aliphatic rings. The lowest BCUT2D eigenvalue weighted by atomic mass is 9.97. The van der Waals surface area contributed by atoms with Gasteiger partial charge in [0.2, 0.25) is 0 Å². The number of hydrogen-bond donors (Lipinski definition) is 1. The number of ether oxygens (including phenoxy) is 1. The van der Waals surface area contributed by atoms with Crippen LogP contribution in [0.1, 0.15) is 36.6 Å². The normalized spacial score (nSPS) is 12.4. The molecule has 0 aliphatic carbocycles. The molecule has 0 bridgehead atoms. The van der Waals surface area contributed by atoms with E-state index in [1.165, 1.54) is 5.56 Å². The van der Waals surface area contributed by atoms with E-state index in [1.54, 1.807) is 7.11 Å². The van der Waals surface area contributed by atoms with Crippen molar-refractivity contribution in [3.05, 3.63) is 65.2 Å². The quantitative estimate of drug-likeness (QED) is 0.862. The zero-order valence-corrected chi connectivity index (χ0v) is 13.0. The van der Waals surface area contributed by atoms with E-state index in [2.05, 4.69) is 26.0 Å². The molecule has 1 atom stereocenters. The number of rotatable bonds is 6. The van der Waals surface area contributed by atoms with Crippen LogP contribution >= 0.6 is 0 Å². The lowest BCUT2D eigenvalue weighted by molar-refractivity contribution is 0.178. The third-order valence-electron chi connectivity index (χ3n) is 3.57. The molecule has 0 amide bonds. The Kier molecular flexibility index (Phi) is 5.40. The van der Waals surface area contributed by atoms with Crippen LogP contribution < -0.4 is 4.74 Å². The highest BCUT2D eigenvalue weighted by Crippen LogP contribution is 2.22. The van der Waals surface area contributed by atoms with Gasteiger partial charge in [0.05, 0.1) is 13.2 Å². The molecule has 0 radical (unpaired) electrons. The maximum atomic E-state index is 10.4. The Balaban J connectivity index is 2.03. The molecule has 112 valence electrons. The summed E-state index contributed by atoms with van der Waals surface area (Å²) >= 11 is 0. The second kappa shape index (κ2) is 7.28. The Morgan fingerprint density at radius 3 is 2.29 bits per heavy atom. The first-order valence-corrected chi connectivity index (χ1v) is 7.48. The van der Waals surface area contributed by atoms with Crippen molar-refractivity contribution in [2.45, 2.75) is 32.8 Å². The Morgan fingerprint density at radius 1 is 0.952 bits per heavy atom. The van der Waals surface area contributed by atoms with E-state index >= 15 is 0 Å². The zero-order valence-electron chi connectivity index (χ0n) is 13.0. The van der Waals surface area contributed by atoms with Gasteiger partial charge >= 0.3 is 0 Å². The standard InChI is InChI=1S/C19H24O2/c1-14(2)11-15-7-9-17(10-8-15)19(20)13-16-5-4-6-18(12-16)21-3/h4-10,12,14,19-20H,11,13H2,1-3H3. The molecule has 2 heteroatoms. The topological polar surface area (TPSA) is 29.5 Å². The average molecular weight is 284 g/mol. The molecule has 21 heavy (non-hydrogen) atoms. The molecule has 0 fully saturated rings. The van der Waals surface area contributed by atoms with Gasteiger partial charge in [0, 0.05) is 6.42 Å². The van der Waals surface area contributed by atoms with Gasteiger partial charge in [-0.25, -0.2) is 0 Å². The van der Waals surface area contributed by atoms with Crippen molar-refractivity contribution in [2.75, 3.05) is 7.11 Å². The molecule has 2 rings (SSSR count). The van der Waals surface area contributed by atoms with E-state index in [1.807, 2.05) is 36.4 Å². The first-order chi connectivity index (χ1) is 10.1. The minimum atomic E-state index is -0.481. The van der Waals surface area contributed by atoms with E-state index in [-0.39, 0.29) is 0 Å². The predicted molar refractivity (Wildman–Crippen MR) is 86.6 cm³/mol. The highest BCUT2D eigenvalue weighted by Gasteiger charge is 2.09. The number of benzene rings is 2. The second-order valence-electron chi connectivity index (χ2n) is 5.91. The average Bonchev–Trinajstić information content (AvgIpc) is 2.47. The summed E-state index contributed by atoms with van der Waals surface area (Å²) in [6, 6.07) is 16.1. The first kappa shape index (κ1) is 15.6. The monoisotopic (exact) mass is 284 g/mol. The molecule has 0 heterocycles. The van der Waals surface area contributed by atoms with Gasteiger partial charge in [-0.1, -0.05) is 50.2 Å². The van der Waals surface area contributed by atoms with Crippen LogP contribution in [0.25, 0.3) is 0 Å². The van der Waals surface area contributed by atoms with E-state index in [4.69, 9.17) is 4.74 Å². The summed E-state index contributed by atoms with van der Waals surface area (Å²) in [6.45, 7) is 4.43. The molecule has 0 aliphatic heterocycles. The minimum Gasteiger partial charge on any atom is -0.497 e. The van der Waals surface area contributed by atoms with Crippen LogP contribution in [0.15, 0.2) is 48.5 Å². The molecule has 1 unspecified atom stereocenters. The Hall–Kier alpha value is -1.80. The highest BCUT2D eigenvalue weighted by atomic mass is 16.5. The number of aliphatic hydroxyl groups excluding tert-OH is 1. The first-order valence-electron chi connectivity index (χ1n) is 7.48. The van der Waals surface area contributed by atoms with Gasteiger partial charge in [0.15, 0.2) is 0 Å². The fourth-order valence-electron chi connectivity index (χ4n) is 2.49. The maximum absolute atomic E-state index is 10.4. The molecule has 1 N–H and O–H groups in total. The molecule has 0 saturated carbocycles. The van der Waals surface area contributed by atoms with E-state index in [0.717, 1.165) is 23.3 Å². The fourth-order valence-corrected chi connectivity index (χ4v) is 2.49. The molecular formula is C19H24O2. The minimum absolute atomic E-state index is 0.481. The Bertz CT molecular complexity index is 558. The summed E-state index contributed by atoms with van der Waals surface area (Å²) in [5.41, 5.74) is 3.36. The van der Waals surface area contributed by atoms with Crippen molar-refractivity contribution in [1.82, 2.24) is 0 Å². The van der Waals surface area contributed by atoms with E-state index in [9.17, 15) is 5.11 Å². The SMILES string of the molecule is COc1cccc(CC(O)c2ccc(CC(C)C)cc2)c1. The van der Waals surface area contributed by atoms with Crippen molar-refractivity contribution in [3.63, 3.8) is 0 Å². The van der Waals surface area contributed by atoms with Crippen molar-refractivity contribution in [3.8, 4) is 5.75 Å². The lowest BCUT2D eigenvalue weighted by Crippen LogP contribution is -2.02. The van der Waals surface area contributed by atoms with Gasteiger partial charge in [-0.2, -0.15) is 0 Å². The molecule has 0 spiro atoms. The van der Waals surface area contributed by atoms with Crippen LogP contribution in [0.4, 0.5) is 0 Å². The largest absolute Gasteiger partial charge is 0.497 e. The van der Waals surface area contributed by atoms with Gasteiger partial charge in [-0.3, -0.25) is 0 Å². The Labute approximate surface area is 127 Å². The molecule has 0 saturated heterocycles. The fraction of sp³-hybridized carbons (Fsp3) is 0.368. The van der Waals surface area contributed by atoms with Crippen LogP contribution in [0, 0.1) is 5.92 Å².